The summed E-state index contributed by atoms with van der Waals surface area (Å²) >= 11 is 0. The van der Waals surface area contributed by atoms with Crippen molar-refractivity contribution in [3.05, 3.63) is 24.0 Å². The molecule has 0 aliphatic rings. The lowest BCUT2D eigenvalue weighted by atomic mass is 10.1. The molecule has 0 aliphatic heterocycles. The Bertz CT molecular complexity index is 452. The van der Waals surface area contributed by atoms with Crippen molar-refractivity contribution in [3.8, 4) is 5.75 Å². The average Bonchev–Trinajstić information content (AvgIpc) is 2.24. The molecule has 1 aromatic heterocycles. The van der Waals surface area contributed by atoms with E-state index in [0.717, 1.165) is 0 Å². The maximum Gasteiger partial charge on any atom is 0.358 e. The molecule has 6 heteroatoms. The molecule has 18 heavy (non-hydrogen) atoms. The van der Waals surface area contributed by atoms with Crippen molar-refractivity contribution >= 4 is 11.9 Å². The number of rotatable bonds is 4. The standard InChI is InChI=1S/C12H16N2O4/c1-12(2,3)14-9(15)7-18-8-5-4-6-13-10(8)11(16)17/h4-6H,7H2,1-3H3,(H,14,15)(H,16,17). The molecule has 1 rings (SSSR count). The second-order valence-corrected chi connectivity index (χ2v) is 4.74. The first-order valence-corrected chi connectivity index (χ1v) is 5.42. The van der Waals surface area contributed by atoms with E-state index in [9.17, 15) is 9.59 Å². The second-order valence-electron chi connectivity index (χ2n) is 4.74. The molecule has 0 fully saturated rings. The predicted octanol–water partition coefficient (Wildman–Crippen LogP) is 1.07. The number of nitrogens with one attached hydrogen (secondary N) is 1. The highest BCUT2D eigenvalue weighted by molar-refractivity contribution is 5.88. The minimum Gasteiger partial charge on any atom is -0.481 e. The van der Waals surface area contributed by atoms with Crippen LogP contribution in [-0.4, -0.2) is 34.1 Å². The first-order valence-electron chi connectivity index (χ1n) is 5.42. The number of aromatic carboxylic acids is 1. The van der Waals surface area contributed by atoms with Gasteiger partial charge >= 0.3 is 5.97 Å². The summed E-state index contributed by atoms with van der Waals surface area (Å²) in [4.78, 5) is 26.0. The lowest BCUT2D eigenvalue weighted by Crippen LogP contribution is -2.43. The highest BCUT2D eigenvalue weighted by Gasteiger charge is 2.16. The average molecular weight is 252 g/mol. The molecule has 1 aromatic rings. The summed E-state index contributed by atoms with van der Waals surface area (Å²) in [7, 11) is 0. The molecule has 6 nitrogen and oxygen atoms in total. The number of nitrogens with zero attached hydrogens (tertiary/aromatic N) is 1. The van der Waals surface area contributed by atoms with Crippen LogP contribution in [0.5, 0.6) is 5.75 Å². The Morgan fingerprint density at radius 1 is 1.44 bits per heavy atom. The van der Waals surface area contributed by atoms with Crippen molar-refractivity contribution in [1.82, 2.24) is 10.3 Å². The van der Waals surface area contributed by atoms with Crippen molar-refractivity contribution in [2.75, 3.05) is 6.61 Å². The van der Waals surface area contributed by atoms with E-state index in [2.05, 4.69) is 10.3 Å². The molecular weight excluding hydrogens is 236 g/mol. The molecule has 0 spiro atoms. The number of carboxylic acid groups (broad SMARTS) is 1. The molecule has 0 unspecified atom stereocenters. The Morgan fingerprint density at radius 2 is 2.11 bits per heavy atom. The fourth-order valence-corrected chi connectivity index (χ4v) is 1.27. The maximum atomic E-state index is 11.5. The third-order valence-electron chi connectivity index (χ3n) is 1.85. The van der Waals surface area contributed by atoms with Crippen LogP contribution >= 0.6 is 0 Å². The number of carbonyl (C=O) groups is 2. The van der Waals surface area contributed by atoms with E-state index in [1.807, 2.05) is 20.8 Å². The van der Waals surface area contributed by atoms with Crippen LogP contribution in [0.3, 0.4) is 0 Å². The van der Waals surface area contributed by atoms with Crippen LogP contribution in [0.2, 0.25) is 0 Å². The monoisotopic (exact) mass is 252 g/mol. The number of carboxylic acids is 1. The minimum absolute atomic E-state index is 0.0778. The van der Waals surface area contributed by atoms with Gasteiger partial charge in [0.25, 0.3) is 5.91 Å². The van der Waals surface area contributed by atoms with E-state index in [0.29, 0.717) is 0 Å². The van der Waals surface area contributed by atoms with Gasteiger partial charge in [-0.2, -0.15) is 0 Å². The van der Waals surface area contributed by atoms with E-state index in [4.69, 9.17) is 9.84 Å². The number of amides is 1. The lowest BCUT2D eigenvalue weighted by molar-refractivity contribution is -0.124. The molecule has 0 aromatic carbocycles. The number of hydrogen-bond acceptors (Lipinski definition) is 4. The Hall–Kier alpha value is -2.11. The van der Waals surface area contributed by atoms with Crippen molar-refractivity contribution < 1.29 is 19.4 Å². The van der Waals surface area contributed by atoms with Crippen LogP contribution in [0.15, 0.2) is 18.3 Å². The Morgan fingerprint density at radius 3 is 2.67 bits per heavy atom. The minimum atomic E-state index is -1.19. The third-order valence-corrected chi connectivity index (χ3v) is 1.85. The van der Waals surface area contributed by atoms with Crippen LogP contribution in [0.1, 0.15) is 31.3 Å². The molecule has 0 aliphatic carbocycles. The quantitative estimate of drug-likeness (QED) is 0.836. The Labute approximate surface area is 105 Å². The summed E-state index contributed by atoms with van der Waals surface area (Å²) in [5.74, 6) is -1.43. The largest absolute Gasteiger partial charge is 0.481 e. The molecule has 0 atom stereocenters. The lowest BCUT2D eigenvalue weighted by Gasteiger charge is -2.20. The van der Waals surface area contributed by atoms with Crippen LogP contribution in [0.25, 0.3) is 0 Å². The summed E-state index contributed by atoms with van der Waals surface area (Å²) in [6.07, 6.45) is 1.35. The fraction of sp³-hybridized carbons (Fsp3) is 0.417. The summed E-state index contributed by atoms with van der Waals surface area (Å²) in [5, 5.41) is 11.6. The molecule has 2 N–H and O–H groups in total. The van der Waals surface area contributed by atoms with Crippen LogP contribution in [0.4, 0.5) is 0 Å². The molecule has 0 saturated heterocycles. The molecule has 1 heterocycles. The zero-order chi connectivity index (χ0) is 13.8. The topological polar surface area (TPSA) is 88.5 Å². The van der Waals surface area contributed by atoms with Gasteiger partial charge in [-0.3, -0.25) is 4.79 Å². The number of pyridine rings is 1. The summed E-state index contributed by atoms with van der Waals surface area (Å²) in [6.45, 7) is 5.29. The smallest absolute Gasteiger partial charge is 0.358 e. The van der Waals surface area contributed by atoms with Gasteiger partial charge in [0.15, 0.2) is 18.1 Å². The van der Waals surface area contributed by atoms with E-state index in [-0.39, 0.29) is 29.5 Å². The molecule has 0 bridgehead atoms. The number of aromatic nitrogens is 1. The number of carbonyl (C=O) groups excluding carboxylic acids is 1. The van der Waals surface area contributed by atoms with Crippen molar-refractivity contribution in [3.63, 3.8) is 0 Å². The highest BCUT2D eigenvalue weighted by Crippen LogP contribution is 2.14. The summed E-state index contributed by atoms with van der Waals surface area (Å²) < 4.78 is 5.15. The first kappa shape index (κ1) is 14.0. The Kier molecular flexibility index (Phi) is 4.25. The third kappa shape index (κ3) is 4.40. The van der Waals surface area contributed by atoms with Crippen molar-refractivity contribution in [2.45, 2.75) is 26.3 Å². The predicted molar refractivity (Wildman–Crippen MR) is 64.6 cm³/mol. The highest BCUT2D eigenvalue weighted by atomic mass is 16.5. The summed E-state index contributed by atoms with van der Waals surface area (Å²) in [5.41, 5.74) is -0.563. The van der Waals surface area contributed by atoms with Gasteiger partial charge in [0.05, 0.1) is 0 Å². The van der Waals surface area contributed by atoms with Gasteiger partial charge in [0.2, 0.25) is 0 Å². The van der Waals surface area contributed by atoms with Gasteiger partial charge in [0, 0.05) is 11.7 Å². The van der Waals surface area contributed by atoms with Gasteiger partial charge in [0.1, 0.15) is 0 Å². The zero-order valence-electron chi connectivity index (χ0n) is 10.6. The number of ether oxygens (including phenoxy) is 1. The summed E-state index contributed by atoms with van der Waals surface area (Å²) in [6, 6.07) is 3.00. The molecule has 0 saturated carbocycles. The molecule has 98 valence electrons. The SMILES string of the molecule is CC(C)(C)NC(=O)COc1cccnc1C(=O)O. The van der Waals surface area contributed by atoms with Crippen molar-refractivity contribution in [2.24, 2.45) is 0 Å². The van der Waals surface area contributed by atoms with E-state index < -0.39 is 5.97 Å². The molecular formula is C12H16N2O4. The molecule has 0 radical (unpaired) electrons. The van der Waals surface area contributed by atoms with E-state index >= 15 is 0 Å². The number of hydrogen-bond donors (Lipinski definition) is 2. The zero-order valence-corrected chi connectivity index (χ0v) is 10.6. The molecule has 1 amide bonds. The fourth-order valence-electron chi connectivity index (χ4n) is 1.27. The van der Waals surface area contributed by atoms with Gasteiger partial charge in [-0.05, 0) is 32.9 Å². The first-order chi connectivity index (χ1) is 8.29. The van der Waals surface area contributed by atoms with Gasteiger partial charge in [-0.1, -0.05) is 0 Å². The van der Waals surface area contributed by atoms with E-state index in [1.54, 1.807) is 6.07 Å². The second kappa shape index (κ2) is 5.48. The maximum absolute atomic E-state index is 11.5. The van der Waals surface area contributed by atoms with E-state index in [1.165, 1.54) is 12.3 Å². The Balaban J connectivity index is 2.64. The van der Waals surface area contributed by atoms with Crippen LogP contribution < -0.4 is 10.1 Å². The van der Waals surface area contributed by atoms with Crippen LogP contribution in [-0.2, 0) is 4.79 Å². The van der Waals surface area contributed by atoms with Crippen LogP contribution in [0, 0.1) is 0 Å². The van der Waals surface area contributed by atoms with Crippen molar-refractivity contribution in [1.29, 1.82) is 0 Å². The van der Waals surface area contributed by atoms with Gasteiger partial charge < -0.3 is 15.2 Å². The van der Waals surface area contributed by atoms with Gasteiger partial charge in [-0.25, -0.2) is 9.78 Å². The van der Waals surface area contributed by atoms with Gasteiger partial charge in [-0.15, -0.1) is 0 Å². The normalized spacial score (nSPS) is 10.8.